The SMILES string of the molecule is COc1cc([C@H]2c3cc4c(cc3[C@@H](O[C@@H]3O[C@@H]5CO[C@H](C)O[C@H]5[C@H](O)[C@@H]3O)[C@H]3COC(=O)[C@H]23)OCO4)cc(OC)c1OC. The Hall–Kier alpha value is -3.33. The van der Waals surface area contributed by atoms with Crippen molar-refractivity contribution in [2.24, 2.45) is 11.8 Å². The molecule has 7 rings (SSSR count). The van der Waals surface area contributed by atoms with Crippen LogP contribution < -0.4 is 23.7 Å². The van der Waals surface area contributed by atoms with Gasteiger partial charge in [0.2, 0.25) is 12.5 Å². The zero-order valence-corrected chi connectivity index (χ0v) is 24.1. The number of ether oxygens (including phenoxy) is 10. The number of esters is 1. The van der Waals surface area contributed by atoms with E-state index in [9.17, 15) is 15.0 Å². The summed E-state index contributed by atoms with van der Waals surface area (Å²) in [6, 6.07) is 7.31. The van der Waals surface area contributed by atoms with Gasteiger partial charge in [-0.2, -0.15) is 0 Å². The quantitative estimate of drug-likeness (QED) is 0.462. The predicted molar refractivity (Wildman–Crippen MR) is 143 cm³/mol. The molecule has 4 aliphatic heterocycles. The molecule has 13 heteroatoms. The summed E-state index contributed by atoms with van der Waals surface area (Å²) >= 11 is 0. The highest BCUT2D eigenvalue weighted by Crippen LogP contribution is 2.57. The number of carbonyl (C=O) groups excluding carboxylic acids is 1. The van der Waals surface area contributed by atoms with E-state index < -0.39 is 66.8 Å². The summed E-state index contributed by atoms with van der Waals surface area (Å²) in [5.74, 6) is 0.289. The highest BCUT2D eigenvalue weighted by Gasteiger charge is 2.56. The number of fused-ring (bicyclic) bond motifs is 4. The molecule has 3 saturated heterocycles. The number of carbonyl (C=O) groups is 1. The van der Waals surface area contributed by atoms with Gasteiger partial charge in [-0.15, -0.1) is 0 Å². The lowest BCUT2D eigenvalue weighted by Crippen LogP contribution is -2.63. The van der Waals surface area contributed by atoms with Crippen molar-refractivity contribution in [3.63, 3.8) is 0 Å². The Bertz CT molecular complexity index is 1370. The lowest BCUT2D eigenvalue weighted by molar-refractivity contribution is -0.364. The highest BCUT2D eigenvalue weighted by atomic mass is 16.8. The monoisotopic (exact) mass is 602 g/mol. The first-order chi connectivity index (χ1) is 20.8. The van der Waals surface area contributed by atoms with Crippen molar-refractivity contribution in [3.8, 4) is 28.7 Å². The number of aliphatic hydroxyl groups is 2. The van der Waals surface area contributed by atoms with Crippen molar-refractivity contribution in [2.75, 3.05) is 41.3 Å². The molecule has 0 amide bonds. The summed E-state index contributed by atoms with van der Waals surface area (Å²) in [4.78, 5) is 13.5. The lowest BCUT2D eigenvalue weighted by Gasteiger charge is -2.47. The van der Waals surface area contributed by atoms with E-state index in [1.54, 1.807) is 6.92 Å². The molecule has 0 unspecified atom stereocenters. The van der Waals surface area contributed by atoms with E-state index in [1.165, 1.54) is 21.3 Å². The van der Waals surface area contributed by atoms with Crippen LogP contribution in [0.1, 0.15) is 35.6 Å². The molecule has 0 aromatic heterocycles. The number of methoxy groups -OCH3 is 3. The molecular formula is C30H34O13. The molecule has 4 heterocycles. The van der Waals surface area contributed by atoms with Crippen LogP contribution in [0.3, 0.4) is 0 Å². The summed E-state index contributed by atoms with van der Waals surface area (Å²) in [6.45, 7) is 1.99. The van der Waals surface area contributed by atoms with Gasteiger partial charge in [0, 0.05) is 11.8 Å². The maximum Gasteiger partial charge on any atom is 0.310 e. The molecule has 2 aromatic rings. The second-order valence-electron chi connectivity index (χ2n) is 11.2. The Morgan fingerprint density at radius 2 is 1.53 bits per heavy atom. The largest absolute Gasteiger partial charge is 0.493 e. The number of benzene rings is 2. The molecule has 232 valence electrons. The third-order valence-electron chi connectivity index (χ3n) is 8.93. The van der Waals surface area contributed by atoms with E-state index in [-0.39, 0.29) is 20.0 Å². The molecular weight excluding hydrogens is 568 g/mol. The molecule has 0 spiro atoms. The van der Waals surface area contributed by atoms with Gasteiger partial charge in [0.1, 0.15) is 24.4 Å². The minimum absolute atomic E-state index is 0.0473. The molecule has 1 aliphatic carbocycles. The van der Waals surface area contributed by atoms with Crippen molar-refractivity contribution in [3.05, 3.63) is 41.0 Å². The lowest BCUT2D eigenvalue weighted by atomic mass is 9.66. The van der Waals surface area contributed by atoms with Gasteiger partial charge < -0.3 is 57.6 Å². The molecule has 5 aliphatic rings. The number of hydrogen-bond donors (Lipinski definition) is 2. The molecule has 43 heavy (non-hydrogen) atoms. The van der Waals surface area contributed by atoms with Crippen LogP contribution in [-0.4, -0.2) is 94.5 Å². The van der Waals surface area contributed by atoms with E-state index in [1.807, 2.05) is 24.3 Å². The number of rotatable bonds is 6. The minimum Gasteiger partial charge on any atom is -0.493 e. The van der Waals surface area contributed by atoms with Gasteiger partial charge in [0.15, 0.2) is 35.6 Å². The standard InChI is InChI=1S/C30H34O13/c1-12-37-10-21-28(41-12)24(31)25(32)30(42-21)43-26-15-8-18-17(39-11-40-18)7-14(15)22(23-16(26)9-38-29(23)33)13-5-19(34-2)27(36-4)20(6-13)35-3/h5-8,12,16,21-26,28,30-32H,9-11H2,1-4H3/t12-,16-,21+,22-,23-,24+,25-,26+,28+,30-/m0/s1. The normalized spacial score (nSPS) is 35.8. The molecule has 2 aromatic carbocycles. The van der Waals surface area contributed by atoms with E-state index in [0.717, 1.165) is 11.1 Å². The zero-order chi connectivity index (χ0) is 30.0. The number of aliphatic hydroxyl groups excluding tert-OH is 2. The molecule has 0 bridgehead atoms. The first-order valence-corrected chi connectivity index (χ1v) is 14.2. The van der Waals surface area contributed by atoms with Gasteiger partial charge >= 0.3 is 5.97 Å². The smallest absolute Gasteiger partial charge is 0.310 e. The van der Waals surface area contributed by atoms with Crippen molar-refractivity contribution in [1.82, 2.24) is 0 Å². The van der Waals surface area contributed by atoms with E-state index in [4.69, 9.17) is 47.4 Å². The summed E-state index contributed by atoms with van der Waals surface area (Å²) in [6.07, 6.45) is -6.70. The minimum atomic E-state index is -1.42. The van der Waals surface area contributed by atoms with Gasteiger partial charge in [-0.05, 0) is 47.9 Å². The Balaban J connectivity index is 1.32. The van der Waals surface area contributed by atoms with Gasteiger partial charge in [-0.3, -0.25) is 4.79 Å². The van der Waals surface area contributed by atoms with Crippen LogP contribution in [0, 0.1) is 11.8 Å². The fraction of sp³-hybridized carbons (Fsp3) is 0.567. The Kier molecular flexibility index (Phi) is 7.27. The fourth-order valence-electron chi connectivity index (χ4n) is 6.92. The molecule has 2 N–H and O–H groups in total. The fourth-order valence-corrected chi connectivity index (χ4v) is 6.92. The maximum atomic E-state index is 13.5. The van der Waals surface area contributed by atoms with Crippen LogP contribution in [-0.2, 0) is 28.5 Å². The van der Waals surface area contributed by atoms with Gasteiger partial charge in [-0.1, -0.05) is 0 Å². The average molecular weight is 603 g/mol. The second kappa shape index (κ2) is 11.0. The Labute approximate surface area is 247 Å². The van der Waals surface area contributed by atoms with Crippen LogP contribution in [0.4, 0.5) is 0 Å². The Morgan fingerprint density at radius 1 is 0.837 bits per heavy atom. The van der Waals surface area contributed by atoms with Crippen LogP contribution in [0.2, 0.25) is 0 Å². The molecule has 0 radical (unpaired) electrons. The molecule has 3 fully saturated rings. The predicted octanol–water partition coefficient (Wildman–Crippen LogP) is 1.64. The molecule has 13 nitrogen and oxygen atoms in total. The summed E-state index contributed by atoms with van der Waals surface area (Å²) in [7, 11) is 4.58. The van der Waals surface area contributed by atoms with Crippen molar-refractivity contribution in [2.45, 2.75) is 55.9 Å². The van der Waals surface area contributed by atoms with E-state index in [0.29, 0.717) is 34.3 Å². The van der Waals surface area contributed by atoms with Gasteiger partial charge in [0.05, 0.1) is 46.6 Å². The van der Waals surface area contributed by atoms with E-state index in [2.05, 4.69) is 0 Å². The third kappa shape index (κ3) is 4.57. The van der Waals surface area contributed by atoms with E-state index >= 15 is 0 Å². The topological polar surface area (TPSA) is 150 Å². The van der Waals surface area contributed by atoms with Crippen molar-refractivity contribution < 1.29 is 62.4 Å². The second-order valence-corrected chi connectivity index (χ2v) is 11.2. The van der Waals surface area contributed by atoms with Gasteiger partial charge in [0.25, 0.3) is 0 Å². The molecule has 10 atom stereocenters. The van der Waals surface area contributed by atoms with Crippen LogP contribution in [0.15, 0.2) is 24.3 Å². The Morgan fingerprint density at radius 3 is 2.21 bits per heavy atom. The summed E-state index contributed by atoms with van der Waals surface area (Å²) in [5.41, 5.74) is 2.19. The first-order valence-electron chi connectivity index (χ1n) is 14.2. The van der Waals surface area contributed by atoms with Crippen LogP contribution >= 0.6 is 0 Å². The molecule has 0 saturated carbocycles. The van der Waals surface area contributed by atoms with Crippen LogP contribution in [0.25, 0.3) is 0 Å². The average Bonchev–Trinajstić information content (AvgIpc) is 3.64. The third-order valence-corrected chi connectivity index (χ3v) is 8.93. The number of cyclic esters (lactones) is 1. The number of hydrogen-bond acceptors (Lipinski definition) is 13. The first kappa shape index (κ1) is 28.4. The van der Waals surface area contributed by atoms with Crippen molar-refractivity contribution >= 4 is 5.97 Å². The van der Waals surface area contributed by atoms with Gasteiger partial charge in [-0.25, -0.2) is 0 Å². The summed E-state index contributed by atoms with van der Waals surface area (Å²) < 4.78 is 57.7. The summed E-state index contributed by atoms with van der Waals surface area (Å²) in [5, 5.41) is 22.0. The highest BCUT2D eigenvalue weighted by molar-refractivity contribution is 5.79. The van der Waals surface area contributed by atoms with Crippen molar-refractivity contribution in [1.29, 1.82) is 0 Å². The maximum absolute atomic E-state index is 13.5. The zero-order valence-electron chi connectivity index (χ0n) is 24.1. The van der Waals surface area contributed by atoms with Crippen LogP contribution in [0.5, 0.6) is 28.7 Å².